The number of hydrogen-bond acceptors (Lipinski definition) is 4. The second-order valence-electron chi connectivity index (χ2n) is 3.06. The summed E-state index contributed by atoms with van der Waals surface area (Å²) >= 11 is 6.02. The van der Waals surface area contributed by atoms with Gasteiger partial charge in [0.25, 0.3) is 0 Å². The molecule has 0 heterocycles. The lowest BCUT2D eigenvalue weighted by atomic mass is 10.2. The third-order valence-electron chi connectivity index (χ3n) is 1.85. The van der Waals surface area contributed by atoms with Crippen LogP contribution in [0.1, 0.15) is 5.56 Å². The normalized spacial score (nSPS) is 9.72. The van der Waals surface area contributed by atoms with Crippen LogP contribution in [-0.4, -0.2) is 24.6 Å². The molecule has 0 radical (unpaired) electrons. The molecule has 0 saturated carbocycles. The van der Waals surface area contributed by atoms with Crippen LogP contribution in [0.4, 0.5) is 0 Å². The van der Waals surface area contributed by atoms with E-state index in [4.69, 9.17) is 39.1 Å². The fraction of sp³-hybridized carbons (Fsp3) is 0.154. The number of terminal acetylenes is 2. The Morgan fingerprint density at radius 1 is 1.28 bits per heavy atom. The Labute approximate surface area is 110 Å². The van der Waals surface area contributed by atoms with Gasteiger partial charge in [-0.25, -0.2) is 0 Å². The van der Waals surface area contributed by atoms with Crippen LogP contribution in [0.3, 0.4) is 0 Å². The highest BCUT2D eigenvalue weighted by Gasteiger charge is 2.12. The van der Waals surface area contributed by atoms with Gasteiger partial charge in [-0.3, -0.25) is 0 Å². The minimum absolute atomic E-state index is 0.0551. The van der Waals surface area contributed by atoms with Gasteiger partial charge in [-0.2, -0.15) is 0 Å². The molecule has 0 aromatic heterocycles. The van der Waals surface area contributed by atoms with Crippen LogP contribution in [-0.2, 0) is 0 Å². The first-order chi connectivity index (χ1) is 8.72. The molecule has 0 bridgehead atoms. The number of oxime groups is 1. The molecule has 1 aromatic rings. The van der Waals surface area contributed by atoms with E-state index in [2.05, 4.69) is 17.0 Å². The zero-order chi connectivity index (χ0) is 13.4. The second-order valence-corrected chi connectivity index (χ2v) is 3.47. The summed E-state index contributed by atoms with van der Waals surface area (Å²) in [5.74, 6) is 5.29. The van der Waals surface area contributed by atoms with E-state index in [0.29, 0.717) is 17.1 Å². The Morgan fingerprint density at radius 2 is 1.94 bits per heavy atom. The van der Waals surface area contributed by atoms with E-state index in [9.17, 15) is 0 Å². The fourth-order valence-corrected chi connectivity index (χ4v) is 1.48. The van der Waals surface area contributed by atoms with Crippen molar-refractivity contribution in [3.05, 3.63) is 22.7 Å². The van der Waals surface area contributed by atoms with E-state index in [1.54, 1.807) is 12.1 Å². The highest BCUT2D eigenvalue weighted by molar-refractivity contribution is 6.32. The van der Waals surface area contributed by atoms with Gasteiger partial charge >= 0.3 is 0 Å². The van der Waals surface area contributed by atoms with Crippen molar-refractivity contribution in [2.24, 2.45) is 5.16 Å². The standard InChI is InChI=1S/C13H10ClNO3/c1-3-5-17-12-8-10(9-15-16)7-11(14)13(12)18-6-4-2/h1-2,7-9,16H,5-6H2/b15-9+. The Balaban J connectivity index is 3.13. The smallest absolute Gasteiger partial charge is 0.181 e. The summed E-state index contributed by atoms with van der Waals surface area (Å²) in [6.45, 7) is 0.113. The van der Waals surface area contributed by atoms with E-state index >= 15 is 0 Å². The maximum Gasteiger partial charge on any atom is 0.181 e. The van der Waals surface area contributed by atoms with Crippen molar-refractivity contribution >= 4 is 17.8 Å². The quantitative estimate of drug-likeness (QED) is 0.383. The molecular formula is C13H10ClNO3. The van der Waals surface area contributed by atoms with E-state index in [-0.39, 0.29) is 18.2 Å². The lowest BCUT2D eigenvalue weighted by Gasteiger charge is -2.12. The van der Waals surface area contributed by atoms with Gasteiger partial charge in [0.15, 0.2) is 11.5 Å². The van der Waals surface area contributed by atoms with Crippen LogP contribution in [0, 0.1) is 24.7 Å². The van der Waals surface area contributed by atoms with Gasteiger partial charge in [-0.1, -0.05) is 28.6 Å². The molecule has 0 fully saturated rings. The average Bonchev–Trinajstić information content (AvgIpc) is 2.35. The Bertz CT molecular complexity index is 526. The number of nitrogens with zero attached hydrogens (tertiary/aromatic N) is 1. The van der Waals surface area contributed by atoms with E-state index < -0.39 is 0 Å². The Morgan fingerprint density at radius 3 is 2.56 bits per heavy atom. The molecule has 1 rings (SSSR count). The lowest BCUT2D eigenvalue weighted by molar-refractivity contribution is 0.314. The maximum atomic E-state index is 8.48. The molecule has 0 atom stereocenters. The topological polar surface area (TPSA) is 51.0 Å². The number of halogens is 1. The summed E-state index contributed by atoms with van der Waals surface area (Å²) < 4.78 is 10.6. The number of hydrogen-bond donors (Lipinski definition) is 1. The average molecular weight is 264 g/mol. The molecule has 0 unspecified atom stereocenters. The van der Waals surface area contributed by atoms with Crippen LogP contribution in [0.25, 0.3) is 0 Å². The summed E-state index contributed by atoms with van der Waals surface area (Å²) in [6.07, 6.45) is 11.4. The summed E-state index contributed by atoms with van der Waals surface area (Å²) in [5.41, 5.74) is 0.544. The SMILES string of the molecule is C#CCOc1cc(/C=N/O)cc(Cl)c1OCC#C. The zero-order valence-corrected chi connectivity index (χ0v) is 10.1. The van der Waals surface area contributed by atoms with Gasteiger partial charge in [0.1, 0.15) is 13.2 Å². The van der Waals surface area contributed by atoms with Crippen LogP contribution in [0.2, 0.25) is 5.02 Å². The van der Waals surface area contributed by atoms with Crippen molar-refractivity contribution in [3.63, 3.8) is 0 Å². The molecule has 0 spiro atoms. The molecule has 0 saturated heterocycles. The van der Waals surface area contributed by atoms with Gasteiger partial charge in [-0.05, 0) is 12.1 Å². The van der Waals surface area contributed by atoms with Crippen LogP contribution >= 0.6 is 11.6 Å². The van der Waals surface area contributed by atoms with E-state index in [1.807, 2.05) is 0 Å². The summed E-state index contributed by atoms with van der Waals surface area (Å²) in [5, 5.41) is 11.7. The predicted octanol–water partition coefficient (Wildman–Crippen LogP) is 2.17. The zero-order valence-electron chi connectivity index (χ0n) is 9.39. The molecule has 5 heteroatoms. The van der Waals surface area contributed by atoms with E-state index in [1.165, 1.54) is 6.21 Å². The summed E-state index contributed by atoms with van der Waals surface area (Å²) in [4.78, 5) is 0. The van der Waals surface area contributed by atoms with Gasteiger partial charge in [0.2, 0.25) is 0 Å². The molecule has 0 amide bonds. The fourth-order valence-electron chi connectivity index (χ4n) is 1.21. The first kappa shape index (κ1) is 13.8. The van der Waals surface area contributed by atoms with Crippen LogP contribution < -0.4 is 9.47 Å². The predicted molar refractivity (Wildman–Crippen MR) is 69.5 cm³/mol. The van der Waals surface area contributed by atoms with Gasteiger partial charge < -0.3 is 14.7 Å². The largest absolute Gasteiger partial charge is 0.477 e. The summed E-state index contributed by atoms with van der Waals surface area (Å²) in [6, 6.07) is 3.13. The Hall–Kier alpha value is -2.30. The second kappa shape index (κ2) is 7.11. The third-order valence-corrected chi connectivity index (χ3v) is 2.13. The monoisotopic (exact) mass is 263 g/mol. The molecule has 92 valence electrons. The number of rotatable bonds is 5. The first-order valence-corrected chi connectivity index (χ1v) is 5.24. The van der Waals surface area contributed by atoms with Crippen molar-refractivity contribution in [2.45, 2.75) is 0 Å². The van der Waals surface area contributed by atoms with Crippen molar-refractivity contribution in [1.82, 2.24) is 0 Å². The highest BCUT2D eigenvalue weighted by atomic mass is 35.5. The number of benzene rings is 1. The van der Waals surface area contributed by atoms with Crippen molar-refractivity contribution in [3.8, 4) is 36.2 Å². The maximum absolute atomic E-state index is 8.48. The molecule has 0 aliphatic carbocycles. The van der Waals surface area contributed by atoms with Crippen LogP contribution in [0.15, 0.2) is 17.3 Å². The van der Waals surface area contributed by atoms with Crippen LogP contribution in [0.5, 0.6) is 11.5 Å². The minimum Gasteiger partial charge on any atom is -0.477 e. The Kier molecular flexibility index (Phi) is 5.44. The molecular weight excluding hydrogens is 254 g/mol. The van der Waals surface area contributed by atoms with Crippen molar-refractivity contribution in [1.29, 1.82) is 0 Å². The molecule has 0 aliphatic rings. The molecule has 1 aromatic carbocycles. The molecule has 0 aliphatic heterocycles. The summed E-state index contributed by atoms with van der Waals surface area (Å²) in [7, 11) is 0. The lowest BCUT2D eigenvalue weighted by Crippen LogP contribution is -2.01. The molecule has 18 heavy (non-hydrogen) atoms. The third kappa shape index (κ3) is 3.62. The van der Waals surface area contributed by atoms with Gasteiger partial charge in [-0.15, -0.1) is 12.8 Å². The van der Waals surface area contributed by atoms with Gasteiger partial charge in [0, 0.05) is 5.56 Å². The van der Waals surface area contributed by atoms with Crippen molar-refractivity contribution in [2.75, 3.05) is 13.2 Å². The van der Waals surface area contributed by atoms with E-state index in [0.717, 1.165) is 0 Å². The van der Waals surface area contributed by atoms with Gasteiger partial charge in [0.05, 0.1) is 11.2 Å². The van der Waals surface area contributed by atoms with Crippen molar-refractivity contribution < 1.29 is 14.7 Å². The molecule has 1 N–H and O–H groups in total. The molecule has 4 nitrogen and oxygen atoms in total. The highest BCUT2D eigenvalue weighted by Crippen LogP contribution is 2.36. The minimum atomic E-state index is 0.0551. The number of ether oxygens (including phenoxy) is 2. The first-order valence-electron chi connectivity index (χ1n) is 4.86.